The van der Waals surface area contributed by atoms with Crippen molar-refractivity contribution in [1.29, 1.82) is 0 Å². The molecule has 2 atom stereocenters. The van der Waals surface area contributed by atoms with Crippen molar-refractivity contribution in [1.82, 2.24) is 19.7 Å². The summed E-state index contributed by atoms with van der Waals surface area (Å²) in [5.74, 6) is -2.53. The zero-order valence-corrected chi connectivity index (χ0v) is 26.8. The lowest BCUT2D eigenvalue weighted by molar-refractivity contribution is -0.153. The quantitative estimate of drug-likeness (QED) is 0.290. The molecule has 3 aromatic rings. The summed E-state index contributed by atoms with van der Waals surface area (Å²) in [6.45, 7) is 3.86. The summed E-state index contributed by atoms with van der Waals surface area (Å²) >= 11 is 0. The number of hydrogen-bond donors (Lipinski definition) is 2. The van der Waals surface area contributed by atoms with E-state index in [2.05, 4.69) is 9.88 Å². The molecule has 0 spiro atoms. The monoisotopic (exact) mass is 679 g/mol. The van der Waals surface area contributed by atoms with Gasteiger partial charge in [-0.3, -0.25) is 24.2 Å². The Hall–Kier alpha value is -3.75. The number of rotatable bonds is 8. The second kappa shape index (κ2) is 13.6. The lowest BCUT2D eigenvalue weighted by Gasteiger charge is -2.47. The van der Waals surface area contributed by atoms with Gasteiger partial charge >= 0.3 is 12.4 Å². The van der Waals surface area contributed by atoms with Gasteiger partial charge in [0.1, 0.15) is 11.6 Å². The summed E-state index contributed by atoms with van der Waals surface area (Å²) in [6, 6.07) is 6.65. The van der Waals surface area contributed by atoms with Crippen LogP contribution in [-0.2, 0) is 38.8 Å². The van der Waals surface area contributed by atoms with E-state index in [9.17, 15) is 40.7 Å². The summed E-state index contributed by atoms with van der Waals surface area (Å²) in [6.07, 6.45) is -4.15. The standard InChI is InChI=1S/C34H39F6N5O3/c1-21(46)32(41,28-19-42-29-9-5-4-8-27(28)29)30(44-14-10-26(11-15-44)43-12-6-3-7-13-43)31(48)45(22(2)47)20-23-16-24(33(35,36)37)18-25(17-23)34(38,39)40/h4-5,8-9,16-19,26,30,42H,3,6-7,10-15,20,41H2,1-2H3. The number of nitrogens with two attached hydrogens (primary N) is 1. The first-order valence-corrected chi connectivity index (χ1v) is 16.0. The van der Waals surface area contributed by atoms with Crippen molar-refractivity contribution in [2.24, 2.45) is 5.73 Å². The third-order valence-electron chi connectivity index (χ3n) is 9.69. The molecular weight excluding hydrogens is 640 g/mol. The molecule has 2 saturated heterocycles. The smallest absolute Gasteiger partial charge is 0.361 e. The zero-order chi connectivity index (χ0) is 35.0. The average Bonchev–Trinajstić information content (AvgIpc) is 3.48. The molecule has 14 heteroatoms. The molecule has 2 aliphatic heterocycles. The van der Waals surface area contributed by atoms with Crippen LogP contribution in [0.5, 0.6) is 0 Å². The van der Waals surface area contributed by atoms with Crippen molar-refractivity contribution >= 4 is 28.5 Å². The van der Waals surface area contributed by atoms with Gasteiger partial charge in [-0.05, 0) is 75.5 Å². The number of carbonyl (C=O) groups is 3. The maximum absolute atomic E-state index is 14.7. The number of H-pyrrole nitrogens is 1. The first-order valence-electron chi connectivity index (χ1n) is 16.0. The number of nitrogens with zero attached hydrogens (tertiary/aromatic N) is 3. The van der Waals surface area contributed by atoms with Gasteiger partial charge in [0.2, 0.25) is 11.8 Å². The van der Waals surface area contributed by atoms with Crippen molar-refractivity contribution in [3.05, 3.63) is 70.9 Å². The van der Waals surface area contributed by atoms with Crippen molar-refractivity contribution in [3.8, 4) is 0 Å². The minimum atomic E-state index is -5.13. The van der Waals surface area contributed by atoms with Crippen LogP contribution in [-0.4, -0.2) is 75.5 Å². The zero-order valence-electron chi connectivity index (χ0n) is 26.8. The molecule has 1 aromatic heterocycles. The van der Waals surface area contributed by atoms with Crippen molar-refractivity contribution in [2.45, 2.75) is 82.5 Å². The first kappa shape index (κ1) is 35.6. The van der Waals surface area contributed by atoms with Crippen molar-refractivity contribution in [2.75, 3.05) is 26.2 Å². The van der Waals surface area contributed by atoms with Crippen LogP contribution in [0.1, 0.15) is 68.2 Å². The third-order valence-corrected chi connectivity index (χ3v) is 9.69. The van der Waals surface area contributed by atoms with E-state index in [0.717, 1.165) is 39.3 Å². The van der Waals surface area contributed by atoms with Crippen LogP contribution in [0.4, 0.5) is 26.3 Å². The molecule has 2 aliphatic rings. The van der Waals surface area contributed by atoms with E-state index in [4.69, 9.17) is 5.73 Å². The lowest BCUT2D eigenvalue weighted by atomic mass is 9.77. The van der Waals surface area contributed by atoms with Gasteiger partial charge in [-0.15, -0.1) is 0 Å². The number of amides is 2. The fourth-order valence-electron chi connectivity index (χ4n) is 7.16. The molecule has 2 fully saturated rings. The number of fused-ring (bicyclic) bond motifs is 1. The highest BCUT2D eigenvalue weighted by atomic mass is 19.4. The number of alkyl halides is 6. The van der Waals surface area contributed by atoms with E-state index >= 15 is 0 Å². The maximum Gasteiger partial charge on any atom is 0.416 e. The van der Waals surface area contributed by atoms with Gasteiger partial charge in [-0.25, -0.2) is 0 Å². The molecule has 2 unspecified atom stereocenters. The molecule has 0 radical (unpaired) electrons. The fourth-order valence-corrected chi connectivity index (χ4v) is 7.16. The van der Waals surface area contributed by atoms with E-state index in [1.807, 2.05) is 0 Å². The van der Waals surface area contributed by atoms with E-state index in [0.29, 0.717) is 53.9 Å². The predicted molar refractivity (Wildman–Crippen MR) is 166 cm³/mol. The Kier molecular flexibility index (Phi) is 10.1. The number of nitrogens with one attached hydrogen (secondary N) is 1. The molecule has 2 aromatic carbocycles. The summed E-state index contributed by atoms with van der Waals surface area (Å²) in [5.41, 5.74) is 2.20. The van der Waals surface area contributed by atoms with Crippen molar-refractivity contribution in [3.63, 3.8) is 0 Å². The first-order chi connectivity index (χ1) is 22.5. The number of imide groups is 1. The van der Waals surface area contributed by atoms with Gasteiger partial charge in [-0.1, -0.05) is 24.6 Å². The summed E-state index contributed by atoms with van der Waals surface area (Å²) in [4.78, 5) is 49.3. The molecule has 3 N–H and O–H groups in total. The SMILES string of the molecule is CC(=O)N(Cc1cc(C(F)(F)F)cc(C(F)(F)F)c1)C(=O)C(N1CCC(N2CCCCC2)CC1)C(N)(C(C)=O)c1c[nH]c2ccccc12. The summed E-state index contributed by atoms with van der Waals surface area (Å²) < 4.78 is 82.1. The largest absolute Gasteiger partial charge is 0.416 e. The lowest BCUT2D eigenvalue weighted by Crippen LogP contribution is -2.67. The minimum absolute atomic E-state index is 0.0175. The maximum atomic E-state index is 14.7. The number of aromatic nitrogens is 1. The Labute approximate surface area is 274 Å². The van der Waals surface area contributed by atoms with Crippen LogP contribution in [0.2, 0.25) is 0 Å². The molecule has 8 nitrogen and oxygen atoms in total. The number of aromatic amines is 1. The Balaban J connectivity index is 1.58. The van der Waals surface area contributed by atoms with Crippen LogP contribution in [0, 0.1) is 0 Å². The highest BCUT2D eigenvalue weighted by Gasteiger charge is 2.52. The molecule has 260 valence electrons. The van der Waals surface area contributed by atoms with Gasteiger partial charge in [0.25, 0.3) is 0 Å². The second-order valence-corrected chi connectivity index (χ2v) is 12.8. The topological polar surface area (TPSA) is 103 Å². The number of likely N-dealkylation sites (tertiary alicyclic amines) is 2. The predicted octanol–water partition coefficient (Wildman–Crippen LogP) is 5.84. The Bertz CT molecular complexity index is 1620. The summed E-state index contributed by atoms with van der Waals surface area (Å²) in [7, 11) is 0. The van der Waals surface area contributed by atoms with Gasteiger partial charge in [-0.2, -0.15) is 26.3 Å². The fraction of sp³-hybridized carbons (Fsp3) is 0.500. The molecule has 0 saturated carbocycles. The highest BCUT2D eigenvalue weighted by molar-refractivity contribution is 6.04. The number of benzene rings is 2. The third kappa shape index (κ3) is 7.15. The molecule has 3 heterocycles. The van der Waals surface area contributed by atoms with E-state index in [1.54, 1.807) is 29.2 Å². The van der Waals surface area contributed by atoms with Gasteiger partial charge in [0.05, 0.1) is 17.7 Å². The molecular formula is C34H39F6N5O3. The number of Topliss-reactive ketones (excluding diaryl/α,β-unsaturated/α-hetero) is 1. The van der Waals surface area contributed by atoms with E-state index in [-0.39, 0.29) is 17.7 Å². The number of carbonyl (C=O) groups excluding carboxylic acids is 3. The van der Waals surface area contributed by atoms with E-state index in [1.165, 1.54) is 13.1 Å². The van der Waals surface area contributed by atoms with Crippen molar-refractivity contribution < 1.29 is 40.7 Å². The van der Waals surface area contributed by atoms with Crippen LogP contribution >= 0.6 is 0 Å². The van der Waals surface area contributed by atoms with Crippen LogP contribution in [0.3, 0.4) is 0 Å². The Morgan fingerprint density at radius 3 is 2.02 bits per heavy atom. The molecule has 0 aliphatic carbocycles. The van der Waals surface area contributed by atoms with Gasteiger partial charge in [0, 0.05) is 48.7 Å². The molecule has 5 rings (SSSR count). The number of halogens is 6. The Morgan fingerprint density at radius 1 is 0.896 bits per heavy atom. The number of ketones is 1. The number of para-hydroxylation sites is 1. The number of piperidine rings is 2. The van der Waals surface area contributed by atoms with Crippen LogP contribution < -0.4 is 5.73 Å². The van der Waals surface area contributed by atoms with E-state index < -0.39 is 64.8 Å². The average molecular weight is 680 g/mol. The minimum Gasteiger partial charge on any atom is -0.361 e. The number of hydrogen-bond acceptors (Lipinski definition) is 6. The molecule has 2 amide bonds. The second-order valence-electron chi connectivity index (χ2n) is 12.8. The molecule has 48 heavy (non-hydrogen) atoms. The normalized spacial score (nSPS) is 19.2. The van der Waals surface area contributed by atoms with Gasteiger partial charge < -0.3 is 15.6 Å². The van der Waals surface area contributed by atoms with Crippen LogP contribution in [0.15, 0.2) is 48.7 Å². The summed E-state index contributed by atoms with van der Waals surface area (Å²) in [5, 5.41) is 0.554. The van der Waals surface area contributed by atoms with Crippen LogP contribution in [0.25, 0.3) is 10.9 Å². The van der Waals surface area contributed by atoms with Gasteiger partial charge in [0.15, 0.2) is 5.78 Å². The Morgan fingerprint density at radius 2 is 1.48 bits per heavy atom. The molecule has 0 bridgehead atoms. The highest BCUT2D eigenvalue weighted by Crippen LogP contribution is 2.38.